The molecule has 1 amide bonds. The zero-order valence-electron chi connectivity index (χ0n) is 12.4. The number of aliphatic carboxylic acids is 1. The summed E-state index contributed by atoms with van der Waals surface area (Å²) in [6, 6.07) is 0.751. The lowest BCUT2D eigenvalue weighted by Gasteiger charge is -2.14. The van der Waals surface area contributed by atoms with Crippen LogP contribution in [-0.4, -0.2) is 33.2 Å². The van der Waals surface area contributed by atoms with Crippen molar-refractivity contribution in [3.05, 3.63) is 23.0 Å². The van der Waals surface area contributed by atoms with Crippen LogP contribution in [0.5, 0.6) is 0 Å². The van der Waals surface area contributed by atoms with Gasteiger partial charge in [-0.15, -0.1) is 0 Å². The maximum atomic E-state index is 12.5. The summed E-state index contributed by atoms with van der Waals surface area (Å²) in [6.45, 7) is 3.46. The first-order chi connectivity index (χ1) is 10.5. The molecule has 2 aromatic rings. The number of carbonyl (C=O) groups is 2. The van der Waals surface area contributed by atoms with Crippen molar-refractivity contribution in [1.29, 1.82) is 0 Å². The van der Waals surface area contributed by atoms with E-state index in [1.807, 2.05) is 0 Å². The molecule has 22 heavy (non-hydrogen) atoms. The summed E-state index contributed by atoms with van der Waals surface area (Å²) in [5.41, 5.74) is 1.81. The van der Waals surface area contributed by atoms with E-state index in [2.05, 4.69) is 15.5 Å². The summed E-state index contributed by atoms with van der Waals surface area (Å²) >= 11 is 0. The largest absolute Gasteiger partial charge is 0.480 e. The minimum atomic E-state index is -1.01. The number of hydrogen-bond donors (Lipinski definition) is 2. The van der Waals surface area contributed by atoms with Gasteiger partial charge in [0.15, 0.2) is 0 Å². The van der Waals surface area contributed by atoms with Crippen LogP contribution in [0, 0.1) is 19.8 Å². The number of pyridine rings is 1. The normalized spacial score (nSPS) is 15.7. The molecule has 1 fully saturated rings. The number of amides is 1. The summed E-state index contributed by atoms with van der Waals surface area (Å²) in [4.78, 5) is 28.0. The van der Waals surface area contributed by atoms with Crippen LogP contribution >= 0.6 is 0 Å². The predicted molar refractivity (Wildman–Crippen MR) is 77.5 cm³/mol. The van der Waals surface area contributed by atoms with Gasteiger partial charge < -0.3 is 14.9 Å². The van der Waals surface area contributed by atoms with E-state index in [0.29, 0.717) is 34.7 Å². The first-order valence-corrected chi connectivity index (χ1v) is 7.23. The van der Waals surface area contributed by atoms with Crippen molar-refractivity contribution in [2.24, 2.45) is 5.92 Å². The van der Waals surface area contributed by atoms with Crippen molar-refractivity contribution in [1.82, 2.24) is 15.5 Å². The smallest absolute Gasteiger partial charge is 0.326 e. The molecule has 0 aliphatic heterocycles. The minimum Gasteiger partial charge on any atom is -0.480 e. The van der Waals surface area contributed by atoms with E-state index >= 15 is 0 Å². The molecule has 0 saturated heterocycles. The Balaban J connectivity index is 1.90. The van der Waals surface area contributed by atoms with Crippen molar-refractivity contribution in [2.75, 3.05) is 0 Å². The molecule has 0 spiro atoms. The van der Waals surface area contributed by atoms with Gasteiger partial charge in [0.05, 0.1) is 16.6 Å². The number of hydrogen-bond acceptors (Lipinski definition) is 5. The number of aromatic nitrogens is 2. The van der Waals surface area contributed by atoms with Gasteiger partial charge in [0, 0.05) is 5.69 Å². The highest BCUT2D eigenvalue weighted by atomic mass is 16.5. The highest BCUT2D eigenvalue weighted by Gasteiger charge is 2.31. The van der Waals surface area contributed by atoms with Crippen molar-refractivity contribution >= 4 is 23.0 Å². The quantitative estimate of drug-likeness (QED) is 0.873. The van der Waals surface area contributed by atoms with Crippen molar-refractivity contribution in [3.8, 4) is 0 Å². The number of carboxylic acid groups (broad SMARTS) is 1. The SMILES string of the molecule is Cc1cc(C(=O)NC(CC2CC2)C(=O)O)c2c(C)noc2n1. The fourth-order valence-corrected chi connectivity index (χ4v) is 2.54. The molecule has 0 bridgehead atoms. The number of carbonyl (C=O) groups excluding carboxylic acids is 1. The number of fused-ring (bicyclic) bond motifs is 1. The van der Waals surface area contributed by atoms with Gasteiger partial charge in [-0.05, 0) is 32.3 Å². The Morgan fingerprint density at radius 3 is 2.82 bits per heavy atom. The maximum Gasteiger partial charge on any atom is 0.326 e. The zero-order chi connectivity index (χ0) is 15.9. The molecule has 1 unspecified atom stereocenters. The average Bonchev–Trinajstić information content (AvgIpc) is 3.20. The summed E-state index contributed by atoms with van der Waals surface area (Å²) < 4.78 is 5.09. The van der Waals surface area contributed by atoms with E-state index in [1.54, 1.807) is 19.9 Å². The molecule has 3 rings (SSSR count). The van der Waals surface area contributed by atoms with E-state index in [9.17, 15) is 14.7 Å². The Morgan fingerprint density at radius 2 is 2.18 bits per heavy atom. The molecule has 0 radical (unpaired) electrons. The van der Waals surface area contributed by atoms with Gasteiger partial charge >= 0.3 is 5.97 Å². The Morgan fingerprint density at radius 1 is 1.45 bits per heavy atom. The number of carboxylic acids is 1. The molecule has 1 saturated carbocycles. The first-order valence-electron chi connectivity index (χ1n) is 7.23. The van der Waals surface area contributed by atoms with Crippen LogP contribution in [0.3, 0.4) is 0 Å². The van der Waals surface area contributed by atoms with E-state index < -0.39 is 17.9 Å². The summed E-state index contributed by atoms with van der Waals surface area (Å²) in [5, 5.41) is 16.2. The lowest BCUT2D eigenvalue weighted by atomic mass is 10.1. The van der Waals surface area contributed by atoms with Crippen LogP contribution in [0.1, 0.15) is 41.0 Å². The van der Waals surface area contributed by atoms with Crippen LogP contribution in [0.15, 0.2) is 10.6 Å². The summed E-state index contributed by atoms with van der Waals surface area (Å²) in [6.07, 6.45) is 2.53. The Labute approximate surface area is 126 Å². The summed E-state index contributed by atoms with van der Waals surface area (Å²) in [5.74, 6) is -1.04. The molecule has 2 heterocycles. The van der Waals surface area contributed by atoms with Crippen LogP contribution < -0.4 is 5.32 Å². The molecule has 116 valence electrons. The molecule has 1 aliphatic carbocycles. The predicted octanol–water partition coefficient (Wildman–Crippen LogP) is 1.82. The number of aryl methyl sites for hydroxylation is 2. The molecule has 0 aromatic carbocycles. The lowest BCUT2D eigenvalue weighted by Crippen LogP contribution is -2.41. The van der Waals surface area contributed by atoms with Gasteiger partial charge in [0.2, 0.25) is 0 Å². The maximum absolute atomic E-state index is 12.5. The second-order valence-electron chi connectivity index (χ2n) is 5.80. The van der Waals surface area contributed by atoms with Crippen molar-refractivity contribution in [2.45, 2.75) is 39.2 Å². The standard InChI is InChI=1S/C15H17N3O4/c1-7-5-10(12-8(2)18-22-14(12)16-7)13(19)17-11(15(20)21)6-9-3-4-9/h5,9,11H,3-4,6H2,1-2H3,(H,17,19)(H,20,21). The van der Waals surface area contributed by atoms with Gasteiger partial charge in [-0.1, -0.05) is 18.0 Å². The van der Waals surface area contributed by atoms with Crippen LogP contribution in [0.2, 0.25) is 0 Å². The van der Waals surface area contributed by atoms with E-state index in [0.717, 1.165) is 12.8 Å². The van der Waals surface area contributed by atoms with Gasteiger partial charge in [0.25, 0.3) is 11.6 Å². The Hall–Kier alpha value is -2.44. The second kappa shape index (κ2) is 5.40. The molecule has 1 aliphatic rings. The van der Waals surface area contributed by atoms with Crippen LogP contribution in [0.25, 0.3) is 11.1 Å². The highest BCUT2D eigenvalue weighted by molar-refractivity contribution is 6.07. The van der Waals surface area contributed by atoms with Crippen molar-refractivity contribution in [3.63, 3.8) is 0 Å². The zero-order valence-corrected chi connectivity index (χ0v) is 12.4. The molecular formula is C15H17N3O4. The molecule has 7 heteroatoms. The number of nitrogens with one attached hydrogen (secondary N) is 1. The topological polar surface area (TPSA) is 105 Å². The third-order valence-corrected chi connectivity index (χ3v) is 3.86. The fraction of sp³-hybridized carbons (Fsp3) is 0.467. The Bertz CT molecular complexity index is 749. The third kappa shape index (κ3) is 2.79. The van der Waals surface area contributed by atoms with Gasteiger partial charge in [0.1, 0.15) is 6.04 Å². The monoisotopic (exact) mass is 303 g/mol. The second-order valence-corrected chi connectivity index (χ2v) is 5.80. The molecule has 2 aromatic heterocycles. The fourth-order valence-electron chi connectivity index (χ4n) is 2.54. The molecule has 2 N–H and O–H groups in total. The minimum absolute atomic E-state index is 0.289. The summed E-state index contributed by atoms with van der Waals surface area (Å²) in [7, 11) is 0. The first kappa shape index (κ1) is 14.5. The van der Waals surface area contributed by atoms with Gasteiger partial charge in [-0.25, -0.2) is 9.78 Å². The number of nitrogens with zero attached hydrogens (tertiary/aromatic N) is 2. The number of rotatable bonds is 5. The molecular weight excluding hydrogens is 286 g/mol. The highest BCUT2D eigenvalue weighted by Crippen LogP contribution is 2.33. The van der Waals surface area contributed by atoms with E-state index in [4.69, 9.17) is 4.52 Å². The van der Waals surface area contributed by atoms with E-state index in [1.165, 1.54) is 0 Å². The average molecular weight is 303 g/mol. The molecule has 1 atom stereocenters. The van der Waals surface area contributed by atoms with Crippen LogP contribution in [0.4, 0.5) is 0 Å². The van der Waals surface area contributed by atoms with Crippen LogP contribution in [-0.2, 0) is 4.79 Å². The lowest BCUT2D eigenvalue weighted by molar-refractivity contribution is -0.139. The molecule has 7 nitrogen and oxygen atoms in total. The van der Waals surface area contributed by atoms with E-state index in [-0.39, 0.29) is 5.71 Å². The third-order valence-electron chi connectivity index (χ3n) is 3.86. The van der Waals surface area contributed by atoms with Gasteiger partial charge in [-0.3, -0.25) is 4.79 Å². The van der Waals surface area contributed by atoms with Gasteiger partial charge in [-0.2, -0.15) is 0 Å². The Kier molecular flexibility index (Phi) is 3.56. The van der Waals surface area contributed by atoms with Crippen molar-refractivity contribution < 1.29 is 19.2 Å².